The molecule has 0 fully saturated rings. The van der Waals surface area contributed by atoms with Crippen LogP contribution in [0.5, 0.6) is 0 Å². The molecule has 4 nitrogen and oxygen atoms in total. The fourth-order valence-corrected chi connectivity index (χ4v) is 2.25. The van der Waals surface area contributed by atoms with E-state index in [1.165, 1.54) is 0 Å². The lowest BCUT2D eigenvalue weighted by molar-refractivity contribution is 0.735. The number of para-hydroxylation sites is 2. The third-order valence-electron chi connectivity index (χ3n) is 3.07. The Kier molecular flexibility index (Phi) is 3.01. The van der Waals surface area contributed by atoms with Crippen molar-refractivity contribution in [2.75, 3.05) is 0 Å². The molecule has 0 aliphatic heterocycles. The van der Waals surface area contributed by atoms with Gasteiger partial charge in [-0.25, -0.2) is 4.98 Å². The van der Waals surface area contributed by atoms with Crippen LogP contribution in [0.3, 0.4) is 0 Å². The Bertz CT molecular complexity index is 700. The zero-order valence-electron chi connectivity index (χ0n) is 10.8. The van der Waals surface area contributed by atoms with Gasteiger partial charge in [-0.15, -0.1) is 0 Å². The summed E-state index contributed by atoms with van der Waals surface area (Å²) in [6, 6.07) is 10.3. The SMILES string of the molecule is CC(N)Cc1cncc(-n2cnc3ccccc32)c1. The number of imidazole rings is 1. The first-order valence-corrected chi connectivity index (χ1v) is 6.36. The molecule has 0 saturated heterocycles. The molecule has 2 aromatic heterocycles. The molecule has 3 rings (SSSR count). The van der Waals surface area contributed by atoms with E-state index in [4.69, 9.17) is 5.73 Å². The number of fused-ring (bicyclic) bond motifs is 1. The Morgan fingerprint density at radius 3 is 2.95 bits per heavy atom. The van der Waals surface area contributed by atoms with Gasteiger partial charge in [0.2, 0.25) is 0 Å². The Labute approximate surface area is 111 Å². The Morgan fingerprint density at radius 1 is 1.26 bits per heavy atom. The van der Waals surface area contributed by atoms with Crippen LogP contribution in [-0.2, 0) is 6.42 Å². The van der Waals surface area contributed by atoms with E-state index in [0.29, 0.717) is 0 Å². The van der Waals surface area contributed by atoms with E-state index >= 15 is 0 Å². The number of nitrogens with two attached hydrogens (primary N) is 1. The summed E-state index contributed by atoms with van der Waals surface area (Å²) in [6.45, 7) is 2.00. The smallest absolute Gasteiger partial charge is 0.100 e. The summed E-state index contributed by atoms with van der Waals surface area (Å²) in [6.07, 6.45) is 6.37. The van der Waals surface area contributed by atoms with Crippen molar-refractivity contribution in [3.63, 3.8) is 0 Å². The minimum absolute atomic E-state index is 0.136. The second kappa shape index (κ2) is 4.82. The average molecular weight is 252 g/mol. The topological polar surface area (TPSA) is 56.7 Å². The van der Waals surface area contributed by atoms with Gasteiger partial charge in [-0.2, -0.15) is 0 Å². The molecule has 19 heavy (non-hydrogen) atoms. The van der Waals surface area contributed by atoms with Crippen molar-refractivity contribution < 1.29 is 0 Å². The van der Waals surface area contributed by atoms with Crippen LogP contribution in [0.25, 0.3) is 16.7 Å². The number of nitrogens with zero attached hydrogens (tertiary/aromatic N) is 3. The van der Waals surface area contributed by atoms with Gasteiger partial charge >= 0.3 is 0 Å². The van der Waals surface area contributed by atoms with E-state index in [2.05, 4.69) is 22.1 Å². The lowest BCUT2D eigenvalue weighted by atomic mass is 10.1. The quantitative estimate of drug-likeness (QED) is 0.778. The predicted octanol–water partition coefficient (Wildman–Crippen LogP) is 2.31. The molecule has 2 heterocycles. The van der Waals surface area contributed by atoms with E-state index in [-0.39, 0.29) is 6.04 Å². The summed E-state index contributed by atoms with van der Waals surface area (Å²) < 4.78 is 2.05. The van der Waals surface area contributed by atoms with Crippen LogP contribution in [-0.4, -0.2) is 20.6 Å². The van der Waals surface area contributed by atoms with E-state index in [1.54, 1.807) is 0 Å². The van der Waals surface area contributed by atoms with Crippen LogP contribution in [0.1, 0.15) is 12.5 Å². The van der Waals surface area contributed by atoms with E-state index < -0.39 is 0 Å². The Balaban J connectivity index is 2.06. The molecule has 0 saturated carbocycles. The molecule has 1 aromatic carbocycles. The van der Waals surface area contributed by atoms with E-state index in [1.807, 2.05) is 48.4 Å². The molecule has 3 aromatic rings. The molecule has 0 amide bonds. The maximum Gasteiger partial charge on any atom is 0.100 e. The number of rotatable bonds is 3. The zero-order valence-corrected chi connectivity index (χ0v) is 10.8. The van der Waals surface area contributed by atoms with Gasteiger partial charge in [0.25, 0.3) is 0 Å². The highest BCUT2D eigenvalue weighted by Gasteiger charge is 2.05. The molecule has 0 aliphatic carbocycles. The maximum absolute atomic E-state index is 5.84. The molecule has 2 N–H and O–H groups in total. The van der Waals surface area contributed by atoms with Crippen molar-refractivity contribution in [2.24, 2.45) is 5.73 Å². The summed E-state index contributed by atoms with van der Waals surface area (Å²) in [5.41, 5.74) is 10.1. The first kappa shape index (κ1) is 11.9. The number of hydrogen-bond donors (Lipinski definition) is 1. The number of pyridine rings is 1. The van der Waals surface area contributed by atoms with Crippen LogP contribution in [0.15, 0.2) is 49.1 Å². The summed E-state index contributed by atoms with van der Waals surface area (Å²) in [4.78, 5) is 8.69. The van der Waals surface area contributed by atoms with Crippen molar-refractivity contribution >= 4 is 11.0 Å². The normalized spacial score (nSPS) is 12.7. The van der Waals surface area contributed by atoms with E-state index in [9.17, 15) is 0 Å². The van der Waals surface area contributed by atoms with Gasteiger partial charge in [0, 0.05) is 12.2 Å². The molecule has 0 aliphatic rings. The largest absolute Gasteiger partial charge is 0.328 e. The van der Waals surface area contributed by atoms with Gasteiger partial charge in [-0.3, -0.25) is 9.55 Å². The van der Waals surface area contributed by atoms with Gasteiger partial charge in [-0.05, 0) is 37.1 Å². The van der Waals surface area contributed by atoms with Gasteiger partial charge in [0.15, 0.2) is 0 Å². The van der Waals surface area contributed by atoms with Crippen LogP contribution in [0.4, 0.5) is 0 Å². The number of aromatic nitrogens is 3. The Hall–Kier alpha value is -2.20. The minimum Gasteiger partial charge on any atom is -0.328 e. The van der Waals surface area contributed by atoms with Gasteiger partial charge in [-0.1, -0.05) is 12.1 Å². The average Bonchev–Trinajstić information content (AvgIpc) is 2.82. The molecule has 0 spiro atoms. The molecule has 4 heteroatoms. The lowest BCUT2D eigenvalue weighted by Gasteiger charge is -2.08. The monoisotopic (exact) mass is 252 g/mol. The van der Waals surface area contributed by atoms with Gasteiger partial charge in [0.1, 0.15) is 6.33 Å². The fourth-order valence-electron chi connectivity index (χ4n) is 2.25. The highest BCUT2D eigenvalue weighted by molar-refractivity contribution is 5.77. The predicted molar refractivity (Wildman–Crippen MR) is 76.2 cm³/mol. The highest BCUT2D eigenvalue weighted by Crippen LogP contribution is 2.18. The van der Waals surface area contributed by atoms with Crippen molar-refractivity contribution in [1.82, 2.24) is 14.5 Å². The summed E-state index contributed by atoms with van der Waals surface area (Å²) in [7, 11) is 0. The molecular formula is C15H16N4. The zero-order chi connectivity index (χ0) is 13.2. The number of hydrogen-bond acceptors (Lipinski definition) is 3. The summed E-state index contributed by atoms with van der Waals surface area (Å²) in [5.74, 6) is 0. The molecule has 1 unspecified atom stereocenters. The van der Waals surface area contributed by atoms with E-state index in [0.717, 1.165) is 28.7 Å². The summed E-state index contributed by atoms with van der Waals surface area (Å²) >= 11 is 0. The lowest BCUT2D eigenvalue weighted by Crippen LogP contribution is -2.17. The standard InChI is InChI=1S/C15H16N4/c1-11(16)6-12-7-13(9-17-8-12)19-10-18-14-4-2-3-5-15(14)19/h2-5,7-11H,6,16H2,1H3. The number of benzene rings is 1. The van der Waals surface area contributed by atoms with Crippen molar-refractivity contribution in [3.8, 4) is 5.69 Å². The van der Waals surface area contributed by atoms with Crippen LogP contribution in [0, 0.1) is 0 Å². The fraction of sp³-hybridized carbons (Fsp3) is 0.200. The molecule has 1 atom stereocenters. The maximum atomic E-state index is 5.84. The van der Waals surface area contributed by atoms with Crippen LogP contribution < -0.4 is 5.73 Å². The first-order valence-electron chi connectivity index (χ1n) is 6.36. The minimum atomic E-state index is 0.136. The second-order valence-corrected chi connectivity index (χ2v) is 4.84. The third kappa shape index (κ3) is 2.35. The van der Waals surface area contributed by atoms with Crippen molar-refractivity contribution in [2.45, 2.75) is 19.4 Å². The van der Waals surface area contributed by atoms with Gasteiger partial charge in [0.05, 0.1) is 22.9 Å². The molecule has 0 radical (unpaired) electrons. The van der Waals surface area contributed by atoms with Crippen molar-refractivity contribution in [3.05, 3.63) is 54.6 Å². The van der Waals surface area contributed by atoms with Crippen LogP contribution in [0.2, 0.25) is 0 Å². The highest BCUT2D eigenvalue weighted by atomic mass is 15.1. The molecule has 0 bridgehead atoms. The van der Waals surface area contributed by atoms with Crippen molar-refractivity contribution in [1.29, 1.82) is 0 Å². The molecule has 96 valence electrons. The van der Waals surface area contributed by atoms with Gasteiger partial charge < -0.3 is 5.73 Å². The summed E-state index contributed by atoms with van der Waals surface area (Å²) in [5, 5.41) is 0. The van der Waals surface area contributed by atoms with Crippen LogP contribution >= 0.6 is 0 Å². The second-order valence-electron chi connectivity index (χ2n) is 4.84. The third-order valence-corrected chi connectivity index (χ3v) is 3.07. The Morgan fingerprint density at radius 2 is 2.11 bits per heavy atom. The molecular weight excluding hydrogens is 236 g/mol. The first-order chi connectivity index (χ1) is 9.24.